The van der Waals surface area contributed by atoms with E-state index in [1.165, 1.54) is 32.2 Å². The maximum Gasteiger partial charge on any atom is 0.317 e. The Balaban J connectivity index is 1.73. The number of nitrogens with zero attached hydrogens (tertiary/aromatic N) is 2. The molecule has 1 saturated carbocycles. The Kier molecular flexibility index (Phi) is 6.49. The largest absolute Gasteiger partial charge is 0.480 e. The summed E-state index contributed by atoms with van der Waals surface area (Å²) >= 11 is 0. The van der Waals surface area contributed by atoms with Crippen molar-refractivity contribution in [3.63, 3.8) is 0 Å². The lowest BCUT2D eigenvalue weighted by Crippen LogP contribution is -2.47. The molecule has 0 aromatic heterocycles. The van der Waals surface area contributed by atoms with Crippen LogP contribution in [-0.4, -0.2) is 59.6 Å². The first-order chi connectivity index (χ1) is 10.1. The molecule has 2 atom stereocenters. The molecule has 0 amide bonds. The van der Waals surface area contributed by atoms with E-state index in [0.717, 1.165) is 44.3 Å². The van der Waals surface area contributed by atoms with Gasteiger partial charge >= 0.3 is 5.97 Å². The number of aliphatic carboxylic acids is 1. The van der Waals surface area contributed by atoms with Crippen LogP contribution in [0.2, 0.25) is 0 Å². The molecule has 1 N–H and O–H groups in total. The summed E-state index contributed by atoms with van der Waals surface area (Å²) in [6, 6.07) is 0.465. The predicted molar refractivity (Wildman–Crippen MR) is 85.5 cm³/mol. The molecular weight excluding hydrogens is 264 g/mol. The van der Waals surface area contributed by atoms with E-state index in [9.17, 15) is 4.79 Å². The number of carboxylic acid groups (broad SMARTS) is 1. The first-order valence-electron chi connectivity index (χ1n) is 8.76. The average Bonchev–Trinajstić information content (AvgIpc) is 2.45. The fraction of sp³-hybridized carbons (Fsp3) is 0.941. The van der Waals surface area contributed by atoms with Crippen molar-refractivity contribution >= 4 is 5.97 Å². The van der Waals surface area contributed by atoms with Gasteiger partial charge in [-0.3, -0.25) is 9.69 Å². The molecule has 4 nitrogen and oxygen atoms in total. The van der Waals surface area contributed by atoms with Crippen LogP contribution in [0, 0.1) is 11.8 Å². The number of rotatable bonds is 6. The number of hydrogen-bond donors (Lipinski definition) is 1. The van der Waals surface area contributed by atoms with Gasteiger partial charge in [-0.1, -0.05) is 26.7 Å². The molecule has 0 bridgehead atoms. The summed E-state index contributed by atoms with van der Waals surface area (Å²) in [6.45, 7) is 9.06. The van der Waals surface area contributed by atoms with Crippen molar-refractivity contribution in [1.29, 1.82) is 0 Å². The van der Waals surface area contributed by atoms with Gasteiger partial charge in [0.1, 0.15) is 0 Å². The summed E-state index contributed by atoms with van der Waals surface area (Å²) in [5.74, 6) is 1.11. The monoisotopic (exact) mass is 296 g/mol. The van der Waals surface area contributed by atoms with Crippen LogP contribution in [0.1, 0.15) is 52.4 Å². The lowest BCUT2D eigenvalue weighted by molar-refractivity contribution is -0.139. The molecule has 2 aliphatic rings. The summed E-state index contributed by atoms with van der Waals surface area (Å²) in [6.07, 6.45) is 7.89. The molecule has 2 fully saturated rings. The van der Waals surface area contributed by atoms with Gasteiger partial charge in [-0.05, 0) is 57.2 Å². The van der Waals surface area contributed by atoms with Gasteiger partial charge in [0, 0.05) is 12.6 Å². The van der Waals surface area contributed by atoms with Gasteiger partial charge in [0.25, 0.3) is 0 Å². The van der Waals surface area contributed by atoms with Crippen molar-refractivity contribution in [2.45, 2.75) is 58.4 Å². The van der Waals surface area contributed by atoms with E-state index in [-0.39, 0.29) is 6.54 Å². The third kappa shape index (κ3) is 5.26. The Morgan fingerprint density at radius 2 is 1.95 bits per heavy atom. The highest BCUT2D eigenvalue weighted by Crippen LogP contribution is 2.30. The zero-order valence-corrected chi connectivity index (χ0v) is 13.8. The second-order valence-corrected chi connectivity index (χ2v) is 7.13. The van der Waals surface area contributed by atoms with E-state index < -0.39 is 5.97 Å². The molecule has 1 heterocycles. The highest BCUT2D eigenvalue weighted by atomic mass is 16.4. The van der Waals surface area contributed by atoms with Gasteiger partial charge < -0.3 is 10.0 Å². The summed E-state index contributed by atoms with van der Waals surface area (Å²) in [5.41, 5.74) is 0. The van der Waals surface area contributed by atoms with Crippen molar-refractivity contribution in [3.8, 4) is 0 Å². The Bertz CT molecular complexity index is 327. The Hall–Kier alpha value is -0.610. The van der Waals surface area contributed by atoms with Crippen molar-refractivity contribution in [2.75, 3.05) is 32.7 Å². The summed E-state index contributed by atoms with van der Waals surface area (Å²) in [7, 11) is 0. The minimum atomic E-state index is -0.699. The third-order valence-corrected chi connectivity index (χ3v) is 5.38. The summed E-state index contributed by atoms with van der Waals surface area (Å²) in [5, 5.41) is 8.99. The van der Waals surface area contributed by atoms with Crippen LogP contribution in [0.4, 0.5) is 0 Å². The number of piperidine rings is 1. The maximum absolute atomic E-state index is 10.9. The topological polar surface area (TPSA) is 43.8 Å². The van der Waals surface area contributed by atoms with Crippen LogP contribution >= 0.6 is 0 Å². The second kappa shape index (κ2) is 8.14. The van der Waals surface area contributed by atoms with Crippen LogP contribution in [0.25, 0.3) is 0 Å². The van der Waals surface area contributed by atoms with Crippen LogP contribution in [0.15, 0.2) is 0 Å². The van der Waals surface area contributed by atoms with Crippen LogP contribution < -0.4 is 0 Å². The zero-order chi connectivity index (χ0) is 15.2. The highest BCUT2D eigenvalue weighted by molar-refractivity contribution is 5.69. The fourth-order valence-electron chi connectivity index (χ4n) is 4.23. The van der Waals surface area contributed by atoms with Gasteiger partial charge in [-0.2, -0.15) is 0 Å². The SMILES string of the molecule is CCN(CC(=O)O)C1CCN(CC2CCCC(C)C2)CC1. The van der Waals surface area contributed by atoms with Gasteiger partial charge in [-0.25, -0.2) is 0 Å². The first kappa shape index (κ1) is 16.8. The zero-order valence-electron chi connectivity index (χ0n) is 13.8. The van der Waals surface area contributed by atoms with E-state index in [0.29, 0.717) is 6.04 Å². The number of hydrogen-bond acceptors (Lipinski definition) is 3. The number of likely N-dealkylation sites (tertiary alicyclic amines) is 1. The number of carboxylic acids is 1. The predicted octanol–water partition coefficient (Wildman–Crippen LogP) is 2.68. The Morgan fingerprint density at radius 1 is 1.24 bits per heavy atom. The van der Waals surface area contributed by atoms with E-state index >= 15 is 0 Å². The van der Waals surface area contributed by atoms with E-state index in [4.69, 9.17) is 5.11 Å². The molecule has 1 aliphatic carbocycles. The van der Waals surface area contributed by atoms with E-state index in [1.54, 1.807) is 0 Å². The average molecular weight is 296 g/mol. The molecule has 1 aliphatic heterocycles. The van der Waals surface area contributed by atoms with Gasteiger partial charge in [0.2, 0.25) is 0 Å². The molecule has 21 heavy (non-hydrogen) atoms. The van der Waals surface area contributed by atoms with Crippen LogP contribution in [-0.2, 0) is 4.79 Å². The summed E-state index contributed by atoms with van der Waals surface area (Å²) < 4.78 is 0. The minimum absolute atomic E-state index is 0.196. The van der Waals surface area contributed by atoms with Gasteiger partial charge in [0.05, 0.1) is 6.54 Å². The molecule has 1 saturated heterocycles. The summed E-state index contributed by atoms with van der Waals surface area (Å²) in [4.78, 5) is 15.7. The van der Waals surface area contributed by atoms with Crippen LogP contribution in [0.5, 0.6) is 0 Å². The first-order valence-corrected chi connectivity index (χ1v) is 8.76. The minimum Gasteiger partial charge on any atom is -0.480 e. The lowest BCUT2D eigenvalue weighted by Gasteiger charge is -2.39. The van der Waals surface area contributed by atoms with Gasteiger partial charge in [-0.15, -0.1) is 0 Å². The van der Waals surface area contributed by atoms with Crippen LogP contribution in [0.3, 0.4) is 0 Å². The number of likely N-dealkylation sites (N-methyl/N-ethyl adjacent to an activating group) is 1. The standard InChI is InChI=1S/C17H32N2O2/c1-3-19(13-17(20)21)16-7-9-18(10-8-16)12-15-6-4-5-14(2)11-15/h14-16H,3-13H2,1-2H3,(H,20,21). The second-order valence-electron chi connectivity index (χ2n) is 7.13. The molecule has 0 radical (unpaired) electrons. The molecule has 0 aromatic carbocycles. The van der Waals surface area contributed by atoms with Gasteiger partial charge in [0.15, 0.2) is 0 Å². The van der Waals surface area contributed by atoms with E-state index in [1.807, 2.05) is 0 Å². The van der Waals surface area contributed by atoms with Crippen molar-refractivity contribution in [1.82, 2.24) is 9.80 Å². The molecule has 122 valence electrons. The molecule has 2 unspecified atom stereocenters. The molecule has 0 spiro atoms. The molecule has 0 aromatic rings. The lowest BCUT2D eigenvalue weighted by atomic mass is 9.82. The Morgan fingerprint density at radius 3 is 2.52 bits per heavy atom. The molecule has 2 rings (SSSR count). The normalized spacial score (nSPS) is 28.9. The fourth-order valence-corrected chi connectivity index (χ4v) is 4.23. The molecular formula is C17H32N2O2. The third-order valence-electron chi connectivity index (χ3n) is 5.38. The van der Waals surface area contributed by atoms with Crippen molar-refractivity contribution in [2.24, 2.45) is 11.8 Å². The van der Waals surface area contributed by atoms with Crippen molar-refractivity contribution < 1.29 is 9.90 Å². The smallest absolute Gasteiger partial charge is 0.317 e. The quantitative estimate of drug-likeness (QED) is 0.818. The highest BCUT2D eigenvalue weighted by Gasteiger charge is 2.27. The van der Waals surface area contributed by atoms with E-state index in [2.05, 4.69) is 23.6 Å². The van der Waals surface area contributed by atoms with Crippen molar-refractivity contribution in [3.05, 3.63) is 0 Å². The number of carbonyl (C=O) groups is 1. The Labute approximate surface area is 129 Å². The maximum atomic E-state index is 10.9. The molecule has 4 heteroatoms.